The largest absolute Gasteiger partial charge is 0.318 e. The summed E-state index contributed by atoms with van der Waals surface area (Å²) in [6.45, 7) is 6.00. The number of nitrogens with zero attached hydrogens (tertiary/aromatic N) is 3. The van der Waals surface area contributed by atoms with Crippen molar-refractivity contribution in [2.45, 2.75) is 20.8 Å². The van der Waals surface area contributed by atoms with E-state index in [0.717, 1.165) is 45.3 Å². The molecule has 37 heavy (non-hydrogen) atoms. The summed E-state index contributed by atoms with van der Waals surface area (Å²) in [5, 5.41) is 4.18. The van der Waals surface area contributed by atoms with Gasteiger partial charge in [-0.2, -0.15) is 5.10 Å². The molecule has 184 valence electrons. The first-order valence-electron chi connectivity index (χ1n) is 12.0. The van der Waals surface area contributed by atoms with Crippen LogP contribution in [0.3, 0.4) is 0 Å². The van der Waals surface area contributed by atoms with Gasteiger partial charge in [-0.05, 0) is 93.1 Å². The Morgan fingerprint density at radius 1 is 0.784 bits per heavy atom. The maximum Gasteiger partial charge on any atom is 0.271 e. The van der Waals surface area contributed by atoms with Gasteiger partial charge in [0.15, 0.2) is 0 Å². The third kappa shape index (κ3) is 4.86. The number of aryl methyl sites for hydroxylation is 2. The number of carbonyl (C=O) groups excluding carboxylic acids is 1. The molecular formula is C31H27FN4O. The fourth-order valence-electron chi connectivity index (χ4n) is 4.61. The number of carbonyl (C=O) groups is 1. The highest BCUT2D eigenvalue weighted by atomic mass is 19.1. The summed E-state index contributed by atoms with van der Waals surface area (Å²) in [6, 6.07) is 30.2. The van der Waals surface area contributed by atoms with Crippen LogP contribution in [0.15, 0.2) is 102 Å². The van der Waals surface area contributed by atoms with Gasteiger partial charge < -0.3 is 9.13 Å². The molecule has 2 heterocycles. The first kappa shape index (κ1) is 24.0. The van der Waals surface area contributed by atoms with Gasteiger partial charge >= 0.3 is 0 Å². The number of amides is 1. The topological polar surface area (TPSA) is 51.3 Å². The van der Waals surface area contributed by atoms with E-state index >= 15 is 0 Å². The summed E-state index contributed by atoms with van der Waals surface area (Å²) in [5.41, 5.74) is 11.1. The van der Waals surface area contributed by atoms with Crippen LogP contribution in [-0.2, 0) is 0 Å². The van der Waals surface area contributed by atoms with Crippen LogP contribution in [0.2, 0.25) is 0 Å². The van der Waals surface area contributed by atoms with E-state index < -0.39 is 0 Å². The Labute approximate surface area is 215 Å². The molecule has 0 atom stereocenters. The van der Waals surface area contributed by atoms with Crippen LogP contribution >= 0.6 is 0 Å². The second kappa shape index (κ2) is 10.1. The average molecular weight is 491 g/mol. The molecule has 0 aliphatic heterocycles. The minimum atomic E-state index is -0.289. The quantitative estimate of drug-likeness (QED) is 0.207. The summed E-state index contributed by atoms with van der Waals surface area (Å²) < 4.78 is 17.5. The predicted octanol–water partition coefficient (Wildman–Crippen LogP) is 6.76. The zero-order valence-corrected chi connectivity index (χ0v) is 20.9. The van der Waals surface area contributed by atoms with E-state index in [1.54, 1.807) is 30.5 Å². The van der Waals surface area contributed by atoms with Crippen LogP contribution in [0.1, 0.15) is 33.0 Å². The number of hydrazone groups is 1. The third-order valence-corrected chi connectivity index (χ3v) is 6.46. The molecule has 5 aromatic rings. The fourth-order valence-corrected chi connectivity index (χ4v) is 4.61. The van der Waals surface area contributed by atoms with E-state index in [4.69, 9.17) is 0 Å². The number of benzene rings is 3. The van der Waals surface area contributed by atoms with Gasteiger partial charge in [0.2, 0.25) is 0 Å². The van der Waals surface area contributed by atoms with Crippen molar-refractivity contribution in [3.63, 3.8) is 0 Å². The molecule has 6 heteroatoms. The van der Waals surface area contributed by atoms with Gasteiger partial charge in [-0.3, -0.25) is 4.79 Å². The second-order valence-electron chi connectivity index (χ2n) is 8.95. The number of rotatable bonds is 6. The van der Waals surface area contributed by atoms with E-state index in [-0.39, 0.29) is 11.7 Å². The van der Waals surface area contributed by atoms with E-state index in [0.29, 0.717) is 5.56 Å². The number of nitrogens with one attached hydrogen (secondary N) is 1. The maximum absolute atomic E-state index is 13.3. The van der Waals surface area contributed by atoms with Crippen molar-refractivity contribution < 1.29 is 9.18 Å². The Morgan fingerprint density at radius 2 is 1.43 bits per heavy atom. The number of hydrogen-bond donors (Lipinski definition) is 1. The van der Waals surface area contributed by atoms with E-state index in [9.17, 15) is 9.18 Å². The Hall–Kier alpha value is -4.71. The van der Waals surface area contributed by atoms with Crippen molar-refractivity contribution in [3.05, 3.63) is 131 Å². The Kier molecular flexibility index (Phi) is 6.56. The van der Waals surface area contributed by atoms with E-state index in [2.05, 4.69) is 46.3 Å². The Morgan fingerprint density at radius 3 is 2.14 bits per heavy atom. The van der Waals surface area contributed by atoms with Crippen molar-refractivity contribution in [2.24, 2.45) is 5.10 Å². The smallest absolute Gasteiger partial charge is 0.271 e. The van der Waals surface area contributed by atoms with Gasteiger partial charge in [0.05, 0.1) is 11.9 Å². The Balaban J connectivity index is 1.31. The molecule has 0 aliphatic carbocycles. The minimum absolute atomic E-state index is 0.274. The monoisotopic (exact) mass is 490 g/mol. The van der Waals surface area contributed by atoms with Crippen molar-refractivity contribution in [2.75, 3.05) is 0 Å². The summed E-state index contributed by atoms with van der Waals surface area (Å²) >= 11 is 0. The number of hydrogen-bond acceptors (Lipinski definition) is 2. The molecule has 0 radical (unpaired) electrons. The minimum Gasteiger partial charge on any atom is -0.318 e. The van der Waals surface area contributed by atoms with Gasteiger partial charge in [0, 0.05) is 39.6 Å². The van der Waals surface area contributed by atoms with Crippen molar-refractivity contribution >= 4 is 12.1 Å². The normalized spacial score (nSPS) is 11.2. The van der Waals surface area contributed by atoms with Gasteiger partial charge in [-0.15, -0.1) is 0 Å². The fraction of sp³-hybridized carbons (Fsp3) is 0.0968. The second-order valence-corrected chi connectivity index (χ2v) is 8.95. The van der Waals surface area contributed by atoms with Gasteiger partial charge in [-0.25, -0.2) is 9.82 Å². The molecule has 2 aromatic heterocycles. The summed E-state index contributed by atoms with van der Waals surface area (Å²) in [5.74, 6) is -0.563. The van der Waals surface area contributed by atoms with Crippen molar-refractivity contribution in [3.8, 4) is 22.6 Å². The molecule has 0 saturated heterocycles. The highest BCUT2D eigenvalue weighted by Crippen LogP contribution is 2.26. The summed E-state index contributed by atoms with van der Waals surface area (Å²) in [4.78, 5) is 12.7. The highest BCUT2D eigenvalue weighted by Gasteiger charge is 2.12. The maximum atomic E-state index is 13.3. The summed E-state index contributed by atoms with van der Waals surface area (Å²) in [7, 11) is 0. The zero-order chi connectivity index (χ0) is 25.9. The van der Waals surface area contributed by atoms with E-state index in [1.807, 2.05) is 54.8 Å². The SMILES string of the molecule is Cc1ccc(-c2ccccc2)n1-c1ccc(C(=O)N/N=C/c2cc(C)n(-c3ccc(F)cc3)c2C)cc1. The molecule has 0 unspecified atom stereocenters. The summed E-state index contributed by atoms with van der Waals surface area (Å²) in [6.07, 6.45) is 1.63. The molecule has 1 amide bonds. The lowest BCUT2D eigenvalue weighted by atomic mass is 10.1. The van der Waals surface area contributed by atoms with Crippen molar-refractivity contribution in [1.29, 1.82) is 0 Å². The lowest BCUT2D eigenvalue weighted by Crippen LogP contribution is -2.17. The average Bonchev–Trinajstić information content (AvgIpc) is 3.43. The number of halogens is 1. The molecule has 0 fully saturated rings. The van der Waals surface area contributed by atoms with Crippen LogP contribution < -0.4 is 5.43 Å². The van der Waals surface area contributed by atoms with Crippen LogP contribution in [0.4, 0.5) is 4.39 Å². The van der Waals surface area contributed by atoms with Gasteiger partial charge in [-0.1, -0.05) is 30.3 Å². The standard InChI is InChI=1S/C31H27FN4O/c1-21-9-18-30(24-7-5-4-6-8-24)36(21)29-14-10-25(11-15-29)31(37)34-33-20-26-19-22(2)35(23(26)3)28-16-12-27(32)13-17-28/h4-20H,1-3H3,(H,34,37)/b33-20+. The Bertz CT molecular complexity index is 1580. The first-order valence-corrected chi connectivity index (χ1v) is 12.0. The third-order valence-electron chi connectivity index (χ3n) is 6.46. The first-order chi connectivity index (χ1) is 17.9. The van der Waals surface area contributed by atoms with Gasteiger partial charge in [0.1, 0.15) is 5.82 Å². The molecule has 5 nitrogen and oxygen atoms in total. The van der Waals surface area contributed by atoms with Crippen molar-refractivity contribution in [1.82, 2.24) is 14.6 Å². The van der Waals surface area contributed by atoms with E-state index in [1.165, 1.54) is 12.1 Å². The molecule has 0 aliphatic rings. The van der Waals surface area contributed by atoms with Crippen LogP contribution in [0.5, 0.6) is 0 Å². The van der Waals surface area contributed by atoms with Crippen LogP contribution in [-0.4, -0.2) is 21.3 Å². The highest BCUT2D eigenvalue weighted by molar-refractivity contribution is 5.95. The van der Waals surface area contributed by atoms with Crippen LogP contribution in [0, 0.1) is 26.6 Å². The molecule has 3 aromatic carbocycles. The molecule has 1 N–H and O–H groups in total. The lowest BCUT2D eigenvalue weighted by Gasteiger charge is -2.12. The molecule has 0 bridgehead atoms. The molecule has 5 rings (SSSR count). The zero-order valence-electron chi connectivity index (χ0n) is 20.9. The van der Waals surface area contributed by atoms with Gasteiger partial charge in [0.25, 0.3) is 5.91 Å². The molecule has 0 spiro atoms. The lowest BCUT2D eigenvalue weighted by molar-refractivity contribution is 0.0955. The predicted molar refractivity (Wildman–Crippen MR) is 146 cm³/mol. The number of aromatic nitrogens is 2. The molecule has 0 saturated carbocycles. The van der Waals surface area contributed by atoms with Crippen LogP contribution in [0.25, 0.3) is 22.6 Å². The molecular weight excluding hydrogens is 463 g/mol.